The van der Waals surface area contributed by atoms with Crippen LogP contribution in [0, 0.1) is 0 Å². The van der Waals surface area contributed by atoms with Crippen LogP contribution < -0.4 is 4.90 Å². The van der Waals surface area contributed by atoms with Crippen molar-refractivity contribution in [3.63, 3.8) is 0 Å². The molecule has 1 unspecified atom stereocenters. The summed E-state index contributed by atoms with van der Waals surface area (Å²) in [5, 5.41) is 0. The third kappa shape index (κ3) is 4.12. The molecule has 1 aromatic rings. The van der Waals surface area contributed by atoms with Crippen LogP contribution in [0.1, 0.15) is 36.5 Å². The van der Waals surface area contributed by atoms with Crippen LogP contribution in [0.4, 0.5) is 5.69 Å². The molecular weight excluding hydrogens is 376 g/mol. The Labute approximate surface area is 170 Å². The van der Waals surface area contributed by atoms with Crippen LogP contribution >= 0.6 is 0 Å². The Balaban J connectivity index is 2.06. The third-order valence-corrected chi connectivity index (χ3v) is 5.32. The van der Waals surface area contributed by atoms with Crippen molar-refractivity contribution in [3.05, 3.63) is 41.1 Å². The van der Waals surface area contributed by atoms with Gasteiger partial charge in [-0.25, -0.2) is 9.59 Å². The molecule has 29 heavy (non-hydrogen) atoms. The van der Waals surface area contributed by atoms with E-state index in [1.807, 2.05) is 11.8 Å². The van der Waals surface area contributed by atoms with Gasteiger partial charge in [-0.1, -0.05) is 12.1 Å². The van der Waals surface area contributed by atoms with Gasteiger partial charge >= 0.3 is 11.9 Å². The number of benzene rings is 1. The Morgan fingerprint density at radius 1 is 1.07 bits per heavy atom. The van der Waals surface area contributed by atoms with Gasteiger partial charge in [0.15, 0.2) is 0 Å². The largest absolute Gasteiger partial charge is 0.466 e. The number of rotatable bonds is 4. The molecule has 2 heterocycles. The highest BCUT2D eigenvalue weighted by Crippen LogP contribution is 2.31. The molecule has 1 aromatic carbocycles. The monoisotopic (exact) mass is 402 g/mol. The lowest BCUT2D eigenvalue weighted by Gasteiger charge is -2.36. The maximum absolute atomic E-state index is 13.3. The number of esters is 2. The number of ether oxygens (including phenoxy) is 3. The van der Waals surface area contributed by atoms with E-state index in [0.717, 1.165) is 19.3 Å². The summed E-state index contributed by atoms with van der Waals surface area (Å²) in [6, 6.07) is 7.14. The number of para-hydroxylation sites is 1. The number of carbonyl (C=O) groups excluding carboxylic acids is 3. The molecule has 0 aliphatic carbocycles. The second kappa shape index (κ2) is 9.09. The van der Waals surface area contributed by atoms with Crippen molar-refractivity contribution in [1.29, 1.82) is 0 Å². The van der Waals surface area contributed by atoms with Crippen molar-refractivity contribution in [2.45, 2.75) is 32.2 Å². The molecule has 0 aromatic heterocycles. The van der Waals surface area contributed by atoms with E-state index in [0.29, 0.717) is 17.8 Å². The van der Waals surface area contributed by atoms with E-state index in [-0.39, 0.29) is 36.6 Å². The summed E-state index contributed by atoms with van der Waals surface area (Å²) in [4.78, 5) is 41.4. The first kappa shape index (κ1) is 20.9. The number of piperidine rings is 1. The number of hydrogen-bond acceptors (Lipinski definition) is 7. The van der Waals surface area contributed by atoms with Crippen LogP contribution in [0.5, 0.6) is 0 Å². The Kier molecular flexibility index (Phi) is 6.53. The highest BCUT2D eigenvalue weighted by molar-refractivity contribution is 6.06. The van der Waals surface area contributed by atoms with Gasteiger partial charge in [0.1, 0.15) is 12.4 Å². The topological polar surface area (TPSA) is 85.4 Å². The minimum atomic E-state index is -0.692. The second-order valence-electron chi connectivity index (χ2n) is 7.08. The zero-order valence-electron chi connectivity index (χ0n) is 17.0. The number of likely N-dealkylation sites (tertiary alicyclic amines) is 1. The lowest BCUT2D eigenvalue weighted by molar-refractivity contribution is -0.140. The number of hydrogen-bond donors (Lipinski definition) is 0. The predicted octanol–water partition coefficient (Wildman–Crippen LogP) is 2.10. The molecule has 1 atom stereocenters. The number of nitrogens with zero attached hydrogens (tertiary/aromatic N) is 2. The van der Waals surface area contributed by atoms with E-state index in [4.69, 9.17) is 14.2 Å². The standard InChI is InChI=1S/C21H26N2O6/c1-14-8-6-7-11-22(14)19(24)15-9-4-5-10-17(15)23-13-29-12-16(20(25)27-2)18(23)21(26)28-3/h4-5,9-10,14H,6-8,11-13H2,1-3H3. The fraction of sp³-hybridized carbons (Fsp3) is 0.476. The fourth-order valence-electron chi connectivity index (χ4n) is 3.78. The van der Waals surface area contributed by atoms with E-state index >= 15 is 0 Å². The van der Waals surface area contributed by atoms with Gasteiger partial charge in [0, 0.05) is 12.6 Å². The molecule has 8 nitrogen and oxygen atoms in total. The maximum atomic E-state index is 13.3. The first-order valence-electron chi connectivity index (χ1n) is 9.64. The molecule has 1 amide bonds. The summed E-state index contributed by atoms with van der Waals surface area (Å²) in [6.07, 6.45) is 3.02. The van der Waals surface area contributed by atoms with E-state index in [2.05, 4.69) is 0 Å². The van der Waals surface area contributed by atoms with Crippen LogP contribution in [0.25, 0.3) is 0 Å². The summed E-state index contributed by atoms with van der Waals surface area (Å²) in [7, 11) is 2.47. The highest BCUT2D eigenvalue weighted by Gasteiger charge is 2.35. The van der Waals surface area contributed by atoms with E-state index < -0.39 is 11.9 Å². The summed E-state index contributed by atoms with van der Waals surface area (Å²) >= 11 is 0. The summed E-state index contributed by atoms with van der Waals surface area (Å²) in [5.41, 5.74) is 1.01. The zero-order valence-corrected chi connectivity index (χ0v) is 17.0. The van der Waals surface area contributed by atoms with Gasteiger partial charge in [-0.15, -0.1) is 0 Å². The molecule has 2 aliphatic rings. The van der Waals surface area contributed by atoms with Crippen molar-refractivity contribution in [3.8, 4) is 0 Å². The first-order valence-corrected chi connectivity index (χ1v) is 9.64. The molecule has 1 fully saturated rings. The summed E-state index contributed by atoms with van der Waals surface area (Å²) < 4.78 is 15.2. The van der Waals surface area contributed by atoms with Gasteiger partial charge in [-0.2, -0.15) is 0 Å². The third-order valence-electron chi connectivity index (χ3n) is 5.32. The molecule has 156 valence electrons. The Morgan fingerprint density at radius 2 is 1.79 bits per heavy atom. The number of methoxy groups -OCH3 is 2. The number of anilines is 1. The zero-order chi connectivity index (χ0) is 21.0. The molecule has 0 spiro atoms. The van der Waals surface area contributed by atoms with E-state index in [1.165, 1.54) is 19.1 Å². The summed E-state index contributed by atoms with van der Waals surface area (Å²) in [6.45, 7) is 2.66. The Bertz CT molecular complexity index is 834. The van der Waals surface area contributed by atoms with Crippen LogP contribution in [-0.2, 0) is 23.8 Å². The van der Waals surface area contributed by atoms with Crippen LogP contribution in [0.2, 0.25) is 0 Å². The van der Waals surface area contributed by atoms with Gasteiger partial charge in [-0.3, -0.25) is 4.79 Å². The molecule has 0 N–H and O–H groups in total. The highest BCUT2D eigenvalue weighted by atomic mass is 16.5. The van der Waals surface area contributed by atoms with Crippen molar-refractivity contribution in [2.24, 2.45) is 0 Å². The average molecular weight is 402 g/mol. The summed E-state index contributed by atoms with van der Waals surface area (Å²) in [5.74, 6) is -1.48. The first-order chi connectivity index (χ1) is 14.0. The van der Waals surface area contributed by atoms with E-state index in [1.54, 1.807) is 24.3 Å². The Hall–Kier alpha value is -2.87. The van der Waals surface area contributed by atoms with Crippen LogP contribution in [0.3, 0.4) is 0 Å². The van der Waals surface area contributed by atoms with Gasteiger partial charge in [0.25, 0.3) is 5.91 Å². The van der Waals surface area contributed by atoms with Gasteiger partial charge in [0.2, 0.25) is 0 Å². The average Bonchev–Trinajstić information content (AvgIpc) is 2.77. The number of carbonyl (C=O) groups is 3. The molecule has 0 saturated carbocycles. The van der Waals surface area contributed by atoms with Gasteiger partial charge < -0.3 is 24.0 Å². The molecule has 2 aliphatic heterocycles. The molecular formula is C21H26N2O6. The molecule has 0 radical (unpaired) electrons. The quantitative estimate of drug-likeness (QED) is 0.713. The SMILES string of the molecule is COC(=O)C1=C(C(=O)OC)N(c2ccccc2C(=O)N2CCCCC2C)COC1. The van der Waals surface area contributed by atoms with Crippen LogP contribution in [0.15, 0.2) is 35.5 Å². The molecule has 1 saturated heterocycles. The number of amides is 1. The van der Waals surface area contributed by atoms with Gasteiger partial charge in [0.05, 0.1) is 37.7 Å². The van der Waals surface area contributed by atoms with Crippen molar-refractivity contribution < 1.29 is 28.6 Å². The minimum absolute atomic E-state index is 0.00474. The fourth-order valence-corrected chi connectivity index (χ4v) is 3.78. The van der Waals surface area contributed by atoms with Gasteiger partial charge in [-0.05, 0) is 38.3 Å². The van der Waals surface area contributed by atoms with E-state index in [9.17, 15) is 14.4 Å². The molecule has 0 bridgehead atoms. The minimum Gasteiger partial charge on any atom is -0.466 e. The lowest BCUT2D eigenvalue weighted by Crippen LogP contribution is -2.43. The molecule has 8 heteroatoms. The molecule has 3 rings (SSSR count). The van der Waals surface area contributed by atoms with Crippen molar-refractivity contribution >= 4 is 23.5 Å². The maximum Gasteiger partial charge on any atom is 0.355 e. The van der Waals surface area contributed by atoms with Crippen LogP contribution in [-0.4, -0.2) is 62.9 Å². The van der Waals surface area contributed by atoms with Crippen molar-refractivity contribution in [2.75, 3.05) is 39.0 Å². The smallest absolute Gasteiger partial charge is 0.355 e. The normalized spacial score (nSPS) is 19.8. The predicted molar refractivity (Wildman–Crippen MR) is 105 cm³/mol. The second-order valence-corrected chi connectivity index (χ2v) is 7.08. The Morgan fingerprint density at radius 3 is 2.48 bits per heavy atom. The van der Waals surface area contributed by atoms with Crippen molar-refractivity contribution in [1.82, 2.24) is 4.90 Å². The lowest BCUT2D eigenvalue weighted by atomic mass is 10.0.